The summed E-state index contributed by atoms with van der Waals surface area (Å²) in [6.45, 7) is 2.35. The minimum absolute atomic E-state index is 0.743. The summed E-state index contributed by atoms with van der Waals surface area (Å²) in [5.74, 6) is 0. The summed E-state index contributed by atoms with van der Waals surface area (Å²) >= 11 is 0. The normalized spacial score (nSPS) is 22.5. The van der Waals surface area contributed by atoms with Gasteiger partial charge in [0.2, 0.25) is 0 Å². The van der Waals surface area contributed by atoms with Crippen LogP contribution in [-0.2, 0) is 0 Å². The second-order valence-electron chi connectivity index (χ2n) is 4.09. The number of hydrogen-bond acceptors (Lipinski definition) is 2. The fourth-order valence-corrected chi connectivity index (χ4v) is 1.68. The van der Waals surface area contributed by atoms with Gasteiger partial charge in [0.25, 0.3) is 0 Å². The molecule has 0 spiro atoms. The molecule has 1 atom stereocenters. The third kappa shape index (κ3) is 5.06. The van der Waals surface area contributed by atoms with Gasteiger partial charge in [0, 0.05) is 6.04 Å². The van der Waals surface area contributed by atoms with Gasteiger partial charge in [-0.25, -0.2) is 0 Å². The SMILES string of the molecule is CN(C)CCCNC1CC=CCC1. The van der Waals surface area contributed by atoms with Crippen LogP contribution in [0.5, 0.6) is 0 Å². The molecule has 0 amide bonds. The monoisotopic (exact) mass is 182 g/mol. The molecule has 0 aromatic heterocycles. The summed E-state index contributed by atoms with van der Waals surface area (Å²) in [5, 5.41) is 3.60. The van der Waals surface area contributed by atoms with E-state index in [9.17, 15) is 0 Å². The molecule has 2 heteroatoms. The van der Waals surface area contributed by atoms with E-state index in [0.29, 0.717) is 0 Å². The highest BCUT2D eigenvalue weighted by Crippen LogP contribution is 2.09. The van der Waals surface area contributed by atoms with Crippen molar-refractivity contribution < 1.29 is 0 Å². The molecule has 1 N–H and O–H groups in total. The predicted octanol–water partition coefficient (Wildman–Crippen LogP) is 1.64. The summed E-state index contributed by atoms with van der Waals surface area (Å²) in [7, 11) is 4.26. The van der Waals surface area contributed by atoms with E-state index in [4.69, 9.17) is 0 Å². The maximum absolute atomic E-state index is 3.60. The zero-order valence-electron chi connectivity index (χ0n) is 8.92. The Labute approximate surface area is 82.0 Å². The van der Waals surface area contributed by atoms with Crippen LogP contribution in [0.1, 0.15) is 25.7 Å². The van der Waals surface area contributed by atoms with Crippen molar-refractivity contribution in [3.05, 3.63) is 12.2 Å². The summed E-state index contributed by atoms with van der Waals surface area (Å²) in [4.78, 5) is 2.24. The summed E-state index contributed by atoms with van der Waals surface area (Å²) in [6, 6.07) is 0.743. The average Bonchev–Trinajstić information content (AvgIpc) is 2.14. The quantitative estimate of drug-likeness (QED) is 0.513. The van der Waals surface area contributed by atoms with E-state index in [1.165, 1.54) is 32.2 Å². The van der Waals surface area contributed by atoms with Gasteiger partial charge in [-0.15, -0.1) is 0 Å². The van der Waals surface area contributed by atoms with Crippen LogP contribution in [0, 0.1) is 0 Å². The predicted molar refractivity (Wildman–Crippen MR) is 58.0 cm³/mol. The molecule has 1 aliphatic rings. The van der Waals surface area contributed by atoms with Crippen molar-refractivity contribution in [2.24, 2.45) is 0 Å². The van der Waals surface area contributed by atoms with Crippen molar-refractivity contribution in [2.45, 2.75) is 31.7 Å². The Morgan fingerprint density at radius 3 is 2.85 bits per heavy atom. The topological polar surface area (TPSA) is 15.3 Å². The Hall–Kier alpha value is -0.340. The molecule has 0 aromatic carbocycles. The minimum atomic E-state index is 0.743. The zero-order chi connectivity index (χ0) is 9.52. The molecule has 0 heterocycles. The van der Waals surface area contributed by atoms with E-state index in [1.807, 2.05) is 0 Å². The first-order valence-corrected chi connectivity index (χ1v) is 5.32. The molecule has 0 aromatic rings. The molecule has 0 saturated heterocycles. The first kappa shape index (κ1) is 10.7. The number of nitrogens with one attached hydrogen (secondary N) is 1. The number of hydrogen-bond donors (Lipinski definition) is 1. The van der Waals surface area contributed by atoms with E-state index in [1.54, 1.807) is 0 Å². The fourth-order valence-electron chi connectivity index (χ4n) is 1.68. The molecule has 1 rings (SSSR count). The van der Waals surface area contributed by atoms with Gasteiger partial charge in [0.15, 0.2) is 0 Å². The molecule has 0 fully saturated rings. The van der Waals surface area contributed by atoms with Gasteiger partial charge < -0.3 is 10.2 Å². The van der Waals surface area contributed by atoms with E-state index in [2.05, 4.69) is 36.5 Å². The third-order valence-electron chi connectivity index (χ3n) is 2.48. The van der Waals surface area contributed by atoms with E-state index < -0.39 is 0 Å². The molecule has 76 valence electrons. The Balaban J connectivity index is 1.96. The van der Waals surface area contributed by atoms with Gasteiger partial charge in [-0.1, -0.05) is 12.2 Å². The van der Waals surface area contributed by atoms with Gasteiger partial charge in [-0.3, -0.25) is 0 Å². The molecule has 1 aliphatic carbocycles. The molecule has 0 saturated carbocycles. The van der Waals surface area contributed by atoms with Crippen molar-refractivity contribution in [1.82, 2.24) is 10.2 Å². The van der Waals surface area contributed by atoms with Gasteiger partial charge in [-0.05, 0) is 52.9 Å². The van der Waals surface area contributed by atoms with E-state index >= 15 is 0 Å². The molecule has 1 unspecified atom stereocenters. The smallest absolute Gasteiger partial charge is 0.0104 e. The standard InChI is InChI=1S/C11H22N2/c1-13(2)10-6-9-12-11-7-4-3-5-8-11/h3-4,11-12H,5-10H2,1-2H3. The zero-order valence-corrected chi connectivity index (χ0v) is 8.92. The van der Waals surface area contributed by atoms with Gasteiger partial charge in [0.1, 0.15) is 0 Å². The van der Waals surface area contributed by atoms with Crippen molar-refractivity contribution in [2.75, 3.05) is 27.2 Å². The van der Waals surface area contributed by atoms with Crippen LogP contribution in [0.15, 0.2) is 12.2 Å². The van der Waals surface area contributed by atoms with Crippen LogP contribution in [0.2, 0.25) is 0 Å². The van der Waals surface area contributed by atoms with Crippen LogP contribution < -0.4 is 5.32 Å². The third-order valence-corrected chi connectivity index (χ3v) is 2.48. The second-order valence-corrected chi connectivity index (χ2v) is 4.09. The molecule has 2 nitrogen and oxygen atoms in total. The first-order valence-electron chi connectivity index (χ1n) is 5.32. The summed E-state index contributed by atoms with van der Waals surface area (Å²) < 4.78 is 0. The Bertz CT molecular complexity index is 152. The lowest BCUT2D eigenvalue weighted by Crippen LogP contribution is -2.31. The second kappa shape index (κ2) is 6.17. The van der Waals surface area contributed by atoms with Crippen LogP contribution in [0.25, 0.3) is 0 Å². The largest absolute Gasteiger partial charge is 0.314 e. The highest BCUT2D eigenvalue weighted by molar-refractivity contribution is 4.92. The number of rotatable bonds is 5. The maximum Gasteiger partial charge on any atom is 0.0104 e. The lowest BCUT2D eigenvalue weighted by molar-refractivity contribution is 0.381. The molecule has 13 heavy (non-hydrogen) atoms. The van der Waals surface area contributed by atoms with Crippen LogP contribution in [0.3, 0.4) is 0 Å². The number of allylic oxidation sites excluding steroid dienone is 1. The maximum atomic E-state index is 3.60. The first-order chi connectivity index (χ1) is 6.29. The average molecular weight is 182 g/mol. The lowest BCUT2D eigenvalue weighted by atomic mass is 10.0. The van der Waals surface area contributed by atoms with Crippen LogP contribution in [0.4, 0.5) is 0 Å². The molecular weight excluding hydrogens is 160 g/mol. The highest BCUT2D eigenvalue weighted by Gasteiger charge is 2.07. The van der Waals surface area contributed by atoms with Crippen molar-refractivity contribution in [3.63, 3.8) is 0 Å². The molecule has 0 aliphatic heterocycles. The van der Waals surface area contributed by atoms with E-state index in [-0.39, 0.29) is 0 Å². The van der Waals surface area contributed by atoms with Gasteiger partial charge in [0.05, 0.1) is 0 Å². The van der Waals surface area contributed by atoms with Crippen molar-refractivity contribution in [3.8, 4) is 0 Å². The summed E-state index contributed by atoms with van der Waals surface area (Å²) in [6.07, 6.45) is 9.64. The van der Waals surface area contributed by atoms with Crippen LogP contribution >= 0.6 is 0 Å². The summed E-state index contributed by atoms with van der Waals surface area (Å²) in [5.41, 5.74) is 0. The Morgan fingerprint density at radius 2 is 2.23 bits per heavy atom. The molecular formula is C11H22N2. The molecule has 0 radical (unpaired) electrons. The van der Waals surface area contributed by atoms with Gasteiger partial charge >= 0.3 is 0 Å². The lowest BCUT2D eigenvalue weighted by Gasteiger charge is -2.19. The Kier molecular flexibility index (Phi) is 5.09. The number of nitrogens with zero attached hydrogens (tertiary/aromatic N) is 1. The Morgan fingerprint density at radius 1 is 1.38 bits per heavy atom. The van der Waals surface area contributed by atoms with Gasteiger partial charge in [-0.2, -0.15) is 0 Å². The minimum Gasteiger partial charge on any atom is -0.314 e. The highest BCUT2D eigenvalue weighted by atomic mass is 15.1. The van der Waals surface area contributed by atoms with Crippen molar-refractivity contribution in [1.29, 1.82) is 0 Å². The van der Waals surface area contributed by atoms with Crippen LogP contribution in [-0.4, -0.2) is 38.1 Å². The van der Waals surface area contributed by atoms with E-state index in [0.717, 1.165) is 12.6 Å². The van der Waals surface area contributed by atoms with Crippen molar-refractivity contribution >= 4 is 0 Å². The fraction of sp³-hybridized carbons (Fsp3) is 0.818. The molecule has 0 bridgehead atoms.